The van der Waals surface area contributed by atoms with E-state index in [1.807, 2.05) is 5.70 Å². The normalized spacial score (nSPS) is 13.4. The van der Waals surface area contributed by atoms with Crippen molar-refractivity contribution in [2.45, 2.75) is 33.1 Å². The van der Waals surface area contributed by atoms with Crippen molar-refractivity contribution in [3.63, 3.8) is 0 Å². The van der Waals surface area contributed by atoms with Crippen LogP contribution in [0.25, 0.3) is 0 Å². The minimum atomic E-state index is -2.49. The van der Waals surface area contributed by atoms with Gasteiger partial charge in [-0.2, -0.15) is 0 Å². The lowest BCUT2D eigenvalue weighted by Crippen LogP contribution is -2.41. The van der Waals surface area contributed by atoms with Gasteiger partial charge in [0.05, 0.1) is 0 Å². The summed E-state index contributed by atoms with van der Waals surface area (Å²) in [4.78, 5) is 0. The van der Waals surface area contributed by atoms with Gasteiger partial charge in [0.15, 0.2) is 0 Å². The van der Waals surface area contributed by atoms with Crippen molar-refractivity contribution in [1.29, 1.82) is 0 Å². The Bertz CT molecular complexity index is 168. The molecule has 0 saturated heterocycles. The summed E-state index contributed by atoms with van der Waals surface area (Å²) in [5, 5.41) is 0. The number of hydrogen-bond acceptors (Lipinski definition) is 3. The smallest absolute Gasteiger partial charge is 0.374 e. The first-order valence-electron chi connectivity index (χ1n) is 4.98. The Morgan fingerprint density at radius 3 is 2.00 bits per heavy atom. The van der Waals surface area contributed by atoms with Crippen molar-refractivity contribution >= 4 is 8.80 Å². The molecule has 0 aliphatic heterocycles. The highest BCUT2D eigenvalue weighted by atomic mass is 28.4. The van der Waals surface area contributed by atoms with Crippen LogP contribution in [0, 0.1) is 0 Å². The van der Waals surface area contributed by atoms with Crippen molar-refractivity contribution in [2.75, 3.05) is 21.3 Å². The first kappa shape index (κ1) is 13.8. The Balaban J connectivity index is 4.37. The Labute approximate surface area is 88.4 Å². The van der Waals surface area contributed by atoms with Crippen LogP contribution < -0.4 is 0 Å². The van der Waals surface area contributed by atoms with E-state index in [1.165, 1.54) is 18.4 Å². The van der Waals surface area contributed by atoms with Gasteiger partial charge in [-0.15, -0.1) is 0 Å². The molecule has 0 radical (unpaired) electrons. The summed E-state index contributed by atoms with van der Waals surface area (Å²) < 4.78 is 15.9. The van der Waals surface area contributed by atoms with E-state index in [1.54, 1.807) is 21.3 Å². The van der Waals surface area contributed by atoms with Crippen LogP contribution in [0.2, 0.25) is 0 Å². The summed E-state index contributed by atoms with van der Waals surface area (Å²) in [5.74, 6) is 0. The summed E-state index contributed by atoms with van der Waals surface area (Å²) in [7, 11) is 2.39. The second-order valence-electron chi connectivity index (χ2n) is 3.31. The molecule has 0 rings (SSSR count). The monoisotopic (exact) mass is 218 g/mol. The summed E-state index contributed by atoms with van der Waals surface area (Å²) in [6.45, 7) is 4.27. The lowest BCUT2D eigenvalue weighted by molar-refractivity contribution is 0.138. The lowest BCUT2D eigenvalue weighted by atomic mass is 10.2. The van der Waals surface area contributed by atoms with Crippen LogP contribution in [0.4, 0.5) is 0 Å². The van der Waals surface area contributed by atoms with E-state index in [-0.39, 0.29) is 0 Å². The SMILES string of the molecule is CCCCC(C)=C[Si](OC)(OC)OC. The fourth-order valence-corrected chi connectivity index (χ4v) is 2.86. The third kappa shape index (κ3) is 4.37. The maximum Gasteiger partial charge on any atom is 0.528 e. The van der Waals surface area contributed by atoms with Crippen LogP contribution in [-0.4, -0.2) is 30.1 Å². The molecule has 0 aliphatic carbocycles. The zero-order chi connectivity index (χ0) is 11.0. The minimum Gasteiger partial charge on any atom is -0.374 e. The van der Waals surface area contributed by atoms with Crippen molar-refractivity contribution in [1.82, 2.24) is 0 Å². The molecule has 14 heavy (non-hydrogen) atoms. The molecule has 0 atom stereocenters. The molecular weight excluding hydrogens is 196 g/mol. The third-order valence-electron chi connectivity index (χ3n) is 2.20. The molecule has 0 aliphatic rings. The van der Waals surface area contributed by atoms with Crippen LogP contribution in [0.1, 0.15) is 33.1 Å². The average Bonchev–Trinajstić information content (AvgIpc) is 2.23. The molecule has 0 fully saturated rings. The molecule has 0 bridgehead atoms. The van der Waals surface area contributed by atoms with Gasteiger partial charge in [0, 0.05) is 21.3 Å². The Morgan fingerprint density at radius 2 is 1.64 bits per heavy atom. The molecule has 4 heteroatoms. The van der Waals surface area contributed by atoms with Crippen LogP contribution >= 0.6 is 0 Å². The molecule has 0 aromatic heterocycles. The summed E-state index contributed by atoms with van der Waals surface area (Å²) >= 11 is 0. The Morgan fingerprint density at radius 1 is 1.14 bits per heavy atom. The second kappa shape index (κ2) is 7.17. The Kier molecular flexibility index (Phi) is 7.09. The zero-order valence-corrected chi connectivity index (χ0v) is 10.9. The van der Waals surface area contributed by atoms with Gasteiger partial charge in [-0.25, -0.2) is 0 Å². The highest BCUT2D eigenvalue weighted by molar-refractivity contribution is 6.66. The van der Waals surface area contributed by atoms with Gasteiger partial charge in [-0.1, -0.05) is 18.9 Å². The Hall–Kier alpha value is -0.163. The first-order chi connectivity index (χ1) is 6.64. The fraction of sp³-hybridized carbons (Fsp3) is 0.800. The molecule has 0 N–H and O–H groups in total. The van der Waals surface area contributed by atoms with Crippen molar-refractivity contribution < 1.29 is 13.3 Å². The van der Waals surface area contributed by atoms with Crippen molar-refractivity contribution in [3.8, 4) is 0 Å². The lowest BCUT2D eigenvalue weighted by Gasteiger charge is -2.21. The van der Waals surface area contributed by atoms with E-state index < -0.39 is 8.80 Å². The number of hydrogen-bond donors (Lipinski definition) is 0. The first-order valence-corrected chi connectivity index (χ1v) is 6.78. The fourth-order valence-electron chi connectivity index (χ4n) is 1.26. The van der Waals surface area contributed by atoms with Crippen molar-refractivity contribution in [3.05, 3.63) is 11.3 Å². The van der Waals surface area contributed by atoms with Gasteiger partial charge >= 0.3 is 8.80 Å². The standard InChI is InChI=1S/C10H22O3Si/c1-6-7-8-10(2)9-14(11-3,12-4)13-5/h9H,6-8H2,1-5H3. The molecule has 0 unspecified atom stereocenters. The number of unbranched alkanes of at least 4 members (excludes halogenated alkanes) is 1. The maximum absolute atomic E-state index is 5.30. The van der Waals surface area contributed by atoms with Gasteiger partial charge in [0.1, 0.15) is 0 Å². The molecule has 3 nitrogen and oxygen atoms in total. The quantitative estimate of drug-likeness (QED) is 0.615. The molecule has 0 spiro atoms. The van der Waals surface area contributed by atoms with E-state index in [0.29, 0.717) is 0 Å². The molecule has 0 aromatic carbocycles. The zero-order valence-electron chi connectivity index (χ0n) is 9.92. The van der Waals surface area contributed by atoms with E-state index in [2.05, 4.69) is 13.8 Å². The molecule has 0 heterocycles. The molecular formula is C10H22O3Si. The van der Waals surface area contributed by atoms with Gasteiger partial charge < -0.3 is 13.3 Å². The molecule has 84 valence electrons. The van der Waals surface area contributed by atoms with E-state index in [0.717, 1.165) is 6.42 Å². The van der Waals surface area contributed by atoms with E-state index in [4.69, 9.17) is 13.3 Å². The van der Waals surface area contributed by atoms with Crippen LogP contribution in [0.5, 0.6) is 0 Å². The van der Waals surface area contributed by atoms with Gasteiger partial charge in [0.2, 0.25) is 0 Å². The van der Waals surface area contributed by atoms with Crippen LogP contribution in [0.3, 0.4) is 0 Å². The van der Waals surface area contributed by atoms with Crippen LogP contribution in [0.15, 0.2) is 11.3 Å². The highest BCUT2D eigenvalue weighted by Crippen LogP contribution is 2.14. The second-order valence-corrected chi connectivity index (χ2v) is 6.03. The largest absolute Gasteiger partial charge is 0.528 e. The predicted molar refractivity (Wildman–Crippen MR) is 60.1 cm³/mol. The summed E-state index contributed by atoms with van der Waals surface area (Å²) in [6.07, 6.45) is 3.48. The van der Waals surface area contributed by atoms with Gasteiger partial charge in [-0.05, 0) is 25.5 Å². The summed E-state index contributed by atoms with van der Waals surface area (Å²) in [6, 6.07) is 0. The molecule has 0 aromatic rings. The maximum atomic E-state index is 5.30. The van der Waals surface area contributed by atoms with Gasteiger partial charge in [-0.3, -0.25) is 0 Å². The van der Waals surface area contributed by atoms with Gasteiger partial charge in [0.25, 0.3) is 0 Å². The molecule has 0 amide bonds. The third-order valence-corrected chi connectivity index (χ3v) is 4.75. The predicted octanol–water partition coefficient (Wildman–Crippen LogP) is 2.54. The van der Waals surface area contributed by atoms with E-state index >= 15 is 0 Å². The number of allylic oxidation sites excluding steroid dienone is 1. The highest BCUT2D eigenvalue weighted by Gasteiger charge is 2.34. The summed E-state index contributed by atoms with van der Waals surface area (Å²) in [5.41, 5.74) is 3.30. The number of rotatable bonds is 7. The average molecular weight is 218 g/mol. The topological polar surface area (TPSA) is 27.7 Å². The molecule has 0 saturated carbocycles. The minimum absolute atomic E-state index is 1.08. The van der Waals surface area contributed by atoms with E-state index in [9.17, 15) is 0 Å². The van der Waals surface area contributed by atoms with Crippen molar-refractivity contribution in [2.24, 2.45) is 0 Å². The van der Waals surface area contributed by atoms with Crippen LogP contribution in [-0.2, 0) is 13.3 Å².